The van der Waals surface area contributed by atoms with E-state index in [9.17, 15) is 4.79 Å². The van der Waals surface area contributed by atoms with Gasteiger partial charge < -0.3 is 11.1 Å². The molecule has 0 radical (unpaired) electrons. The van der Waals surface area contributed by atoms with Gasteiger partial charge >= 0.3 is 0 Å². The van der Waals surface area contributed by atoms with Crippen molar-refractivity contribution in [1.29, 1.82) is 0 Å². The van der Waals surface area contributed by atoms with Crippen LogP contribution in [0, 0.1) is 0 Å². The summed E-state index contributed by atoms with van der Waals surface area (Å²) in [7, 11) is 0. The van der Waals surface area contributed by atoms with Crippen molar-refractivity contribution in [2.45, 2.75) is 38.6 Å². The molecule has 1 amide bonds. The van der Waals surface area contributed by atoms with Crippen LogP contribution >= 0.6 is 0 Å². The molecule has 2 rings (SSSR count). The maximum atomic E-state index is 11.9. The second-order valence-corrected chi connectivity index (χ2v) is 4.19. The lowest BCUT2D eigenvalue weighted by Crippen LogP contribution is -2.27. The molecule has 0 atom stereocenters. The molecule has 5 heteroatoms. The summed E-state index contributed by atoms with van der Waals surface area (Å²) < 4.78 is 1.80. The third-order valence-electron chi connectivity index (χ3n) is 3.05. The van der Waals surface area contributed by atoms with E-state index in [0.717, 1.165) is 12.8 Å². The highest BCUT2D eigenvalue weighted by atomic mass is 16.2. The maximum absolute atomic E-state index is 11.9. The van der Waals surface area contributed by atoms with Crippen molar-refractivity contribution in [3.05, 3.63) is 11.9 Å². The molecule has 0 bridgehead atoms. The monoisotopic (exact) mass is 222 g/mol. The van der Waals surface area contributed by atoms with E-state index in [1.54, 1.807) is 10.9 Å². The maximum Gasteiger partial charge on any atom is 0.271 e. The number of nitrogen functional groups attached to an aromatic ring is 1. The highest BCUT2D eigenvalue weighted by molar-refractivity contribution is 5.97. The van der Waals surface area contributed by atoms with Crippen molar-refractivity contribution < 1.29 is 4.79 Å². The second-order valence-electron chi connectivity index (χ2n) is 4.19. The quantitative estimate of drug-likeness (QED) is 0.810. The van der Waals surface area contributed by atoms with E-state index in [4.69, 9.17) is 5.73 Å². The minimum atomic E-state index is -0.121. The number of aromatic nitrogens is 2. The van der Waals surface area contributed by atoms with Gasteiger partial charge in [-0.15, -0.1) is 0 Å². The smallest absolute Gasteiger partial charge is 0.271 e. The third-order valence-corrected chi connectivity index (χ3v) is 3.05. The lowest BCUT2D eigenvalue weighted by atomic mass is 10.2. The van der Waals surface area contributed by atoms with Crippen molar-refractivity contribution in [2.24, 2.45) is 0 Å². The Labute approximate surface area is 95.0 Å². The minimum Gasteiger partial charge on any atom is -0.396 e. The van der Waals surface area contributed by atoms with Crippen LogP contribution in [0.25, 0.3) is 0 Å². The van der Waals surface area contributed by atoms with E-state index >= 15 is 0 Å². The Morgan fingerprint density at radius 1 is 1.62 bits per heavy atom. The molecule has 1 aliphatic carbocycles. The van der Waals surface area contributed by atoms with Crippen LogP contribution in [0.4, 0.5) is 5.69 Å². The molecule has 0 spiro atoms. The summed E-state index contributed by atoms with van der Waals surface area (Å²) in [5.74, 6) is -0.121. The number of hydrogen-bond acceptors (Lipinski definition) is 3. The number of nitrogens with one attached hydrogen (secondary N) is 1. The van der Waals surface area contributed by atoms with E-state index in [1.165, 1.54) is 12.8 Å². The van der Waals surface area contributed by atoms with Gasteiger partial charge in [0.15, 0.2) is 0 Å². The van der Waals surface area contributed by atoms with Gasteiger partial charge in [0.1, 0.15) is 5.69 Å². The molecule has 1 fully saturated rings. The number of carbonyl (C=O) groups is 1. The number of carbonyl (C=O) groups excluding carboxylic acids is 1. The Hall–Kier alpha value is -1.52. The minimum absolute atomic E-state index is 0.121. The lowest BCUT2D eigenvalue weighted by molar-refractivity contribution is 0.0943. The highest BCUT2D eigenvalue weighted by Crippen LogP contribution is 2.31. The van der Waals surface area contributed by atoms with Crippen LogP contribution < -0.4 is 11.1 Å². The van der Waals surface area contributed by atoms with Crippen LogP contribution in [0.5, 0.6) is 0 Å². The molecule has 1 saturated carbocycles. The fourth-order valence-electron chi connectivity index (χ4n) is 2.28. The number of rotatable bonds is 3. The average Bonchev–Trinajstić information content (AvgIpc) is 2.86. The number of nitrogens with zero attached hydrogens (tertiary/aromatic N) is 2. The van der Waals surface area contributed by atoms with Gasteiger partial charge in [-0.25, -0.2) is 0 Å². The first kappa shape index (κ1) is 11.0. The van der Waals surface area contributed by atoms with Crippen molar-refractivity contribution in [2.75, 3.05) is 12.3 Å². The van der Waals surface area contributed by atoms with Crippen molar-refractivity contribution in [3.8, 4) is 0 Å². The molecule has 1 aromatic heterocycles. The summed E-state index contributed by atoms with van der Waals surface area (Å²) >= 11 is 0. The SMILES string of the molecule is CCNC(=O)c1c(N)cnn1C1CCCC1. The zero-order valence-electron chi connectivity index (χ0n) is 9.57. The van der Waals surface area contributed by atoms with Crippen molar-refractivity contribution in [3.63, 3.8) is 0 Å². The number of amides is 1. The van der Waals surface area contributed by atoms with Gasteiger partial charge in [0, 0.05) is 6.54 Å². The summed E-state index contributed by atoms with van der Waals surface area (Å²) in [5, 5.41) is 7.00. The van der Waals surface area contributed by atoms with E-state index in [-0.39, 0.29) is 5.91 Å². The zero-order chi connectivity index (χ0) is 11.5. The number of anilines is 1. The topological polar surface area (TPSA) is 72.9 Å². The standard InChI is InChI=1S/C11H18N4O/c1-2-13-11(16)10-9(12)7-14-15(10)8-5-3-4-6-8/h7-8H,2-6,12H2,1H3,(H,13,16). The summed E-state index contributed by atoms with van der Waals surface area (Å²) in [5.41, 5.74) is 6.79. The molecular formula is C11H18N4O. The van der Waals surface area contributed by atoms with Gasteiger partial charge in [0.2, 0.25) is 0 Å². The molecule has 1 aromatic rings. The van der Waals surface area contributed by atoms with E-state index in [1.807, 2.05) is 6.92 Å². The molecule has 0 saturated heterocycles. The summed E-state index contributed by atoms with van der Waals surface area (Å²) in [6.45, 7) is 2.50. The summed E-state index contributed by atoms with van der Waals surface area (Å²) in [6.07, 6.45) is 6.17. The number of hydrogen-bond donors (Lipinski definition) is 2. The molecule has 3 N–H and O–H groups in total. The Kier molecular flexibility index (Phi) is 3.12. The van der Waals surface area contributed by atoms with Crippen LogP contribution in [-0.4, -0.2) is 22.2 Å². The molecule has 1 heterocycles. The Bertz CT molecular complexity index is 379. The fourth-order valence-corrected chi connectivity index (χ4v) is 2.28. The molecule has 0 aliphatic heterocycles. The fraction of sp³-hybridized carbons (Fsp3) is 0.636. The predicted octanol–water partition coefficient (Wildman–Crippen LogP) is 1.33. The van der Waals surface area contributed by atoms with Crippen LogP contribution in [0.1, 0.15) is 49.1 Å². The summed E-state index contributed by atoms with van der Waals surface area (Å²) in [6, 6.07) is 0.343. The van der Waals surface area contributed by atoms with Gasteiger partial charge in [0.05, 0.1) is 17.9 Å². The molecule has 1 aliphatic rings. The first-order valence-electron chi connectivity index (χ1n) is 5.85. The third kappa shape index (κ3) is 1.89. The largest absolute Gasteiger partial charge is 0.396 e. The molecule has 16 heavy (non-hydrogen) atoms. The van der Waals surface area contributed by atoms with Gasteiger partial charge in [-0.05, 0) is 19.8 Å². The van der Waals surface area contributed by atoms with E-state index in [0.29, 0.717) is 24.0 Å². The first-order valence-corrected chi connectivity index (χ1v) is 5.85. The van der Waals surface area contributed by atoms with Gasteiger partial charge in [-0.1, -0.05) is 12.8 Å². The van der Waals surface area contributed by atoms with E-state index < -0.39 is 0 Å². The molecule has 88 valence electrons. The van der Waals surface area contributed by atoms with Crippen molar-refractivity contribution >= 4 is 11.6 Å². The van der Waals surface area contributed by atoms with Crippen LogP contribution in [0.2, 0.25) is 0 Å². The Balaban J connectivity index is 2.27. The lowest BCUT2D eigenvalue weighted by Gasteiger charge is -2.13. The predicted molar refractivity (Wildman–Crippen MR) is 62.2 cm³/mol. The average molecular weight is 222 g/mol. The normalized spacial score (nSPS) is 16.6. The van der Waals surface area contributed by atoms with Crippen LogP contribution in [-0.2, 0) is 0 Å². The van der Waals surface area contributed by atoms with Crippen LogP contribution in [0.15, 0.2) is 6.20 Å². The zero-order valence-corrected chi connectivity index (χ0v) is 9.57. The molecular weight excluding hydrogens is 204 g/mol. The van der Waals surface area contributed by atoms with E-state index in [2.05, 4.69) is 10.4 Å². The van der Waals surface area contributed by atoms with Gasteiger partial charge in [0.25, 0.3) is 5.91 Å². The first-order chi connectivity index (χ1) is 7.74. The number of nitrogens with two attached hydrogens (primary N) is 1. The van der Waals surface area contributed by atoms with Gasteiger partial charge in [-0.3, -0.25) is 9.48 Å². The highest BCUT2D eigenvalue weighted by Gasteiger charge is 2.24. The summed E-state index contributed by atoms with van der Waals surface area (Å²) in [4.78, 5) is 11.9. The molecule has 5 nitrogen and oxygen atoms in total. The molecule has 0 unspecified atom stereocenters. The van der Waals surface area contributed by atoms with Gasteiger partial charge in [-0.2, -0.15) is 5.10 Å². The van der Waals surface area contributed by atoms with Crippen molar-refractivity contribution in [1.82, 2.24) is 15.1 Å². The Morgan fingerprint density at radius 2 is 2.31 bits per heavy atom. The molecule has 0 aromatic carbocycles. The Morgan fingerprint density at radius 3 is 2.94 bits per heavy atom. The van der Waals surface area contributed by atoms with Crippen LogP contribution in [0.3, 0.4) is 0 Å². The second kappa shape index (κ2) is 4.55.